The fourth-order valence-corrected chi connectivity index (χ4v) is 4.02. The van der Waals surface area contributed by atoms with E-state index in [9.17, 15) is 4.79 Å². The molecule has 0 bridgehead atoms. The van der Waals surface area contributed by atoms with Gasteiger partial charge in [0.2, 0.25) is 0 Å². The molecule has 1 aliphatic heterocycles. The van der Waals surface area contributed by atoms with E-state index in [1.165, 1.54) is 17.6 Å². The van der Waals surface area contributed by atoms with Gasteiger partial charge in [-0.3, -0.25) is 9.48 Å². The van der Waals surface area contributed by atoms with Crippen molar-refractivity contribution in [2.45, 2.75) is 32.9 Å². The molecule has 3 heterocycles. The molecule has 8 heteroatoms. The number of aromatic nitrogens is 2. The van der Waals surface area contributed by atoms with Gasteiger partial charge in [0.1, 0.15) is 5.82 Å². The van der Waals surface area contributed by atoms with Crippen LogP contribution in [0.5, 0.6) is 0 Å². The molecule has 3 aromatic rings. The maximum Gasteiger partial charge on any atom is 0.291 e. The molecule has 0 radical (unpaired) electrons. The monoisotopic (exact) mass is 437 g/mol. The summed E-state index contributed by atoms with van der Waals surface area (Å²) in [5, 5.41) is 11.2. The zero-order valence-corrected chi connectivity index (χ0v) is 18.9. The van der Waals surface area contributed by atoms with Gasteiger partial charge >= 0.3 is 0 Å². The van der Waals surface area contributed by atoms with Crippen molar-refractivity contribution in [3.63, 3.8) is 0 Å². The van der Waals surface area contributed by atoms with Crippen LogP contribution in [0.2, 0.25) is 0 Å². The van der Waals surface area contributed by atoms with E-state index in [0.717, 1.165) is 56.3 Å². The average Bonchev–Trinajstić information content (AvgIpc) is 3.44. The van der Waals surface area contributed by atoms with Crippen LogP contribution in [0.4, 0.5) is 11.5 Å². The van der Waals surface area contributed by atoms with E-state index in [1.54, 1.807) is 12.1 Å². The van der Waals surface area contributed by atoms with Crippen molar-refractivity contribution < 1.29 is 13.9 Å². The van der Waals surface area contributed by atoms with Crippen LogP contribution in [0.15, 0.2) is 47.1 Å². The molecule has 2 aromatic heterocycles. The topological polar surface area (TPSA) is 84.6 Å². The lowest BCUT2D eigenvalue weighted by Gasteiger charge is -2.29. The second-order valence-electron chi connectivity index (χ2n) is 8.30. The largest absolute Gasteiger partial charge is 0.459 e. The molecule has 170 valence electrons. The van der Waals surface area contributed by atoms with Crippen LogP contribution >= 0.6 is 0 Å². The quantitative estimate of drug-likeness (QED) is 0.561. The Hall–Kier alpha value is -3.10. The predicted molar refractivity (Wildman–Crippen MR) is 124 cm³/mol. The molecule has 0 atom stereocenters. The summed E-state index contributed by atoms with van der Waals surface area (Å²) < 4.78 is 12.7. The molecule has 1 aliphatic rings. The first-order chi connectivity index (χ1) is 15.5. The summed E-state index contributed by atoms with van der Waals surface area (Å²) in [5.74, 6) is 1.57. The highest BCUT2D eigenvalue weighted by Crippen LogP contribution is 2.29. The Balaban J connectivity index is 1.39. The van der Waals surface area contributed by atoms with Gasteiger partial charge in [0.15, 0.2) is 5.76 Å². The highest BCUT2D eigenvalue weighted by Gasteiger charge is 2.24. The smallest absolute Gasteiger partial charge is 0.291 e. The number of carbonyl (C=O) groups excluding carboxylic acids is 1. The first-order valence-corrected chi connectivity index (χ1v) is 11.1. The van der Waals surface area contributed by atoms with Gasteiger partial charge in [-0.1, -0.05) is 26.0 Å². The first-order valence-electron chi connectivity index (χ1n) is 11.1. The third-order valence-corrected chi connectivity index (χ3v) is 5.59. The van der Waals surface area contributed by atoms with Gasteiger partial charge in [-0.25, -0.2) is 0 Å². The first kappa shape index (κ1) is 22.1. The third-order valence-electron chi connectivity index (χ3n) is 5.59. The SMILES string of the molecule is CC(C)c1nn(C)c(N2CCOCC2)c1CNCc1ccc(NC(=O)c2ccco2)cc1. The van der Waals surface area contributed by atoms with Crippen LogP contribution in [-0.2, 0) is 24.9 Å². The van der Waals surface area contributed by atoms with E-state index in [-0.39, 0.29) is 5.91 Å². The molecule has 1 saturated heterocycles. The molecule has 2 N–H and O–H groups in total. The maximum atomic E-state index is 12.1. The number of hydrogen-bond donors (Lipinski definition) is 2. The number of nitrogens with one attached hydrogen (secondary N) is 2. The van der Waals surface area contributed by atoms with Gasteiger partial charge in [-0.05, 0) is 35.7 Å². The molecule has 0 saturated carbocycles. The highest BCUT2D eigenvalue weighted by molar-refractivity contribution is 6.02. The molecule has 8 nitrogen and oxygen atoms in total. The molecule has 1 amide bonds. The van der Waals surface area contributed by atoms with Gasteiger partial charge in [0, 0.05) is 44.5 Å². The maximum absolute atomic E-state index is 12.1. The number of nitrogens with zero attached hydrogens (tertiary/aromatic N) is 3. The van der Waals surface area contributed by atoms with E-state index >= 15 is 0 Å². The Labute approximate surface area is 188 Å². The fourth-order valence-electron chi connectivity index (χ4n) is 4.02. The number of morpholine rings is 1. The van der Waals surface area contributed by atoms with Gasteiger partial charge in [0.05, 0.1) is 25.2 Å². The summed E-state index contributed by atoms with van der Waals surface area (Å²) in [6.45, 7) is 9.10. The van der Waals surface area contributed by atoms with Crippen molar-refractivity contribution >= 4 is 17.4 Å². The Morgan fingerprint density at radius 1 is 1.12 bits per heavy atom. The minimum Gasteiger partial charge on any atom is -0.459 e. The summed E-state index contributed by atoms with van der Waals surface area (Å²) in [4.78, 5) is 14.5. The van der Waals surface area contributed by atoms with E-state index < -0.39 is 0 Å². The van der Waals surface area contributed by atoms with Crippen molar-refractivity contribution in [2.75, 3.05) is 36.5 Å². The molecule has 0 unspecified atom stereocenters. The minimum absolute atomic E-state index is 0.255. The molecular weight excluding hydrogens is 406 g/mol. The van der Waals surface area contributed by atoms with Gasteiger partial charge in [-0.15, -0.1) is 0 Å². The van der Waals surface area contributed by atoms with Gasteiger partial charge < -0.3 is 24.7 Å². The highest BCUT2D eigenvalue weighted by atomic mass is 16.5. The Morgan fingerprint density at radius 2 is 1.88 bits per heavy atom. The second-order valence-corrected chi connectivity index (χ2v) is 8.30. The summed E-state index contributed by atoms with van der Waals surface area (Å²) >= 11 is 0. The van der Waals surface area contributed by atoms with Crippen molar-refractivity contribution in [1.29, 1.82) is 0 Å². The zero-order chi connectivity index (χ0) is 22.5. The van der Waals surface area contributed by atoms with Crippen LogP contribution in [0, 0.1) is 0 Å². The average molecular weight is 438 g/mol. The van der Waals surface area contributed by atoms with E-state index in [4.69, 9.17) is 14.3 Å². The van der Waals surface area contributed by atoms with E-state index in [0.29, 0.717) is 11.7 Å². The van der Waals surface area contributed by atoms with Crippen molar-refractivity contribution in [3.8, 4) is 0 Å². The summed E-state index contributed by atoms with van der Waals surface area (Å²) in [6, 6.07) is 11.2. The second kappa shape index (κ2) is 10.0. The van der Waals surface area contributed by atoms with Crippen LogP contribution < -0.4 is 15.5 Å². The number of carbonyl (C=O) groups is 1. The summed E-state index contributed by atoms with van der Waals surface area (Å²) in [6.07, 6.45) is 1.49. The number of ether oxygens (including phenoxy) is 1. The molecule has 4 rings (SSSR count). The molecule has 32 heavy (non-hydrogen) atoms. The van der Waals surface area contributed by atoms with E-state index in [2.05, 4.69) is 29.4 Å². The fraction of sp³-hybridized carbons (Fsp3) is 0.417. The van der Waals surface area contributed by atoms with Crippen LogP contribution in [0.3, 0.4) is 0 Å². The minimum atomic E-state index is -0.255. The van der Waals surface area contributed by atoms with Crippen LogP contribution in [-0.4, -0.2) is 42.0 Å². The van der Waals surface area contributed by atoms with Crippen LogP contribution in [0.1, 0.15) is 47.1 Å². The van der Waals surface area contributed by atoms with Crippen molar-refractivity contribution in [1.82, 2.24) is 15.1 Å². The number of aryl methyl sites for hydroxylation is 1. The number of anilines is 2. The number of rotatable bonds is 8. The van der Waals surface area contributed by atoms with Crippen molar-refractivity contribution in [3.05, 3.63) is 65.2 Å². The lowest BCUT2D eigenvalue weighted by Crippen LogP contribution is -2.38. The lowest BCUT2D eigenvalue weighted by atomic mass is 10.0. The number of hydrogen-bond acceptors (Lipinski definition) is 6. The third kappa shape index (κ3) is 5.03. The normalized spacial score (nSPS) is 14.2. The van der Waals surface area contributed by atoms with Gasteiger partial charge in [-0.2, -0.15) is 5.10 Å². The summed E-state index contributed by atoms with van der Waals surface area (Å²) in [5.41, 5.74) is 4.27. The lowest BCUT2D eigenvalue weighted by molar-refractivity contribution is 0.0996. The van der Waals surface area contributed by atoms with Crippen molar-refractivity contribution in [2.24, 2.45) is 7.05 Å². The molecule has 0 aliphatic carbocycles. The predicted octanol–water partition coefficient (Wildman–Crippen LogP) is 3.52. The van der Waals surface area contributed by atoms with Crippen LogP contribution in [0.25, 0.3) is 0 Å². The number of benzene rings is 1. The van der Waals surface area contributed by atoms with Gasteiger partial charge in [0.25, 0.3) is 5.91 Å². The molecule has 1 fully saturated rings. The number of furan rings is 1. The zero-order valence-electron chi connectivity index (χ0n) is 18.9. The number of amides is 1. The molecule has 0 spiro atoms. The molecular formula is C24H31N5O3. The Bertz CT molecular complexity index is 1020. The summed E-state index contributed by atoms with van der Waals surface area (Å²) in [7, 11) is 2.02. The molecule has 1 aromatic carbocycles. The van der Waals surface area contributed by atoms with E-state index in [1.807, 2.05) is 36.0 Å². The Kier molecular flexibility index (Phi) is 6.92. The Morgan fingerprint density at radius 3 is 2.53 bits per heavy atom. The standard InChI is InChI=1S/C24H31N5O3/c1-17(2)22-20(24(28(3)27-22)29-10-13-31-14-11-29)16-25-15-18-6-8-19(9-7-18)26-23(30)21-5-4-12-32-21/h4-9,12,17,25H,10-11,13-16H2,1-3H3,(H,26,30).